The molecule has 0 aromatic carbocycles. The van der Waals surface area contributed by atoms with E-state index in [4.69, 9.17) is 10.5 Å². The number of nitrogen functional groups attached to an aromatic ring is 1. The van der Waals surface area contributed by atoms with Crippen LogP contribution in [0.15, 0.2) is 12.7 Å². The van der Waals surface area contributed by atoms with Gasteiger partial charge in [-0.05, 0) is 6.42 Å². The van der Waals surface area contributed by atoms with Crippen molar-refractivity contribution in [3.8, 4) is 12.0 Å². The van der Waals surface area contributed by atoms with Crippen LogP contribution in [0.5, 0.6) is 6.01 Å². The zero-order valence-corrected chi connectivity index (χ0v) is 10.2. The predicted octanol–water partition coefficient (Wildman–Crippen LogP) is 0.604. The second kappa shape index (κ2) is 5.89. The fourth-order valence-electron chi connectivity index (χ4n) is 1.36. The maximum Gasteiger partial charge on any atom is 0.323 e. The van der Waals surface area contributed by atoms with E-state index in [1.54, 1.807) is 0 Å². The van der Waals surface area contributed by atoms with Crippen molar-refractivity contribution in [2.75, 3.05) is 12.3 Å². The van der Waals surface area contributed by atoms with Gasteiger partial charge in [0.15, 0.2) is 0 Å². The first-order valence-electron chi connectivity index (χ1n) is 5.79. The second-order valence-electron chi connectivity index (χ2n) is 3.67. The number of aromatic nitrogens is 6. The minimum Gasteiger partial charge on any atom is -0.463 e. The minimum atomic E-state index is 0.0981. The fraction of sp³-hybridized carbons (Fsp3) is 0.500. The standard InChI is InChI=1S/C10H15N7O/c1-2-3-4-5-18-10-15-8(11)14-9(16-10)17-7-12-6-13-17/h6-7H,2-5H2,1H3,(H2,11,14,15,16). The molecular formula is C10H15N7O. The van der Waals surface area contributed by atoms with Crippen LogP contribution in [-0.4, -0.2) is 36.3 Å². The van der Waals surface area contributed by atoms with E-state index in [2.05, 4.69) is 32.0 Å². The number of hydrogen-bond donors (Lipinski definition) is 1. The summed E-state index contributed by atoms with van der Waals surface area (Å²) in [4.78, 5) is 15.8. The highest BCUT2D eigenvalue weighted by molar-refractivity contribution is 5.23. The van der Waals surface area contributed by atoms with Gasteiger partial charge < -0.3 is 10.5 Å². The van der Waals surface area contributed by atoms with E-state index in [-0.39, 0.29) is 12.0 Å². The van der Waals surface area contributed by atoms with Crippen molar-refractivity contribution in [1.82, 2.24) is 29.7 Å². The Morgan fingerprint density at radius 2 is 2.17 bits per heavy atom. The quantitative estimate of drug-likeness (QED) is 0.747. The highest BCUT2D eigenvalue weighted by Crippen LogP contribution is 2.08. The van der Waals surface area contributed by atoms with Crippen molar-refractivity contribution in [3.63, 3.8) is 0 Å². The molecule has 0 aliphatic heterocycles. The first kappa shape index (κ1) is 12.2. The van der Waals surface area contributed by atoms with Crippen LogP contribution >= 0.6 is 0 Å². The van der Waals surface area contributed by atoms with E-state index >= 15 is 0 Å². The summed E-state index contributed by atoms with van der Waals surface area (Å²) in [5.74, 6) is 0.395. The molecule has 2 rings (SSSR count). The van der Waals surface area contributed by atoms with Gasteiger partial charge in [-0.3, -0.25) is 0 Å². The first-order chi connectivity index (χ1) is 8.79. The molecule has 0 saturated carbocycles. The zero-order valence-electron chi connectivity index (χ0n) is 10.2. The molecule has 8 nitrogen and oxygen atoms in total. The monoisotopic (exact) mass is 249 g/mol. The van der Waals surface area contributed by atoms with Gasteiger partial charge in [0, 0.05) is 0 Å². The van der Waals surface area contributed by atoms with Crippen molar-refractivity contribution in [3.05, 3.63) is 12.7 Å². The lowest BCUT2D eigenvalue weighted by Crippen LogP contribution is -2.10. The van der Waals surface area contributed by atoms with Crippen molar-refractivity contribution in [2.45, 2.75) is 26.2 Å². The van der Waals surface area contributed by atoms with Gasteiger partial charge in [0.05, 0.1) is 6.61 Å². The van der Waals surface area contributed by atoms with Crippen molar-refractivity contribution in [2.24, 2.45) is 0 Å². The minimum absolute atomic E-state index is 0.0981. The largest absolute Gasteiger partial charge is 0.463 e. The summed E-state index contributed by atoms with van der Waals surface area (Å²) in [5, 5.41) is 3.92. The Labute approximate surface area is 104 Å². The van der Waals surface area contributed by atoms with Gasteiger partial charge >= 0.3 is 6.01 Å². The Hall–Kier alpha value is -2.25. The van der Waals surface area contributed by atoms with Crippen LogP contribution < -0.4 is 10.5 Å². The number of nitrogens with zero attached hydrogens (tertiary/aromatic N) is 6. The molecule has 0 bridgehead atoms. The topological polar surface area (TPSA) is 105 Å². The Bertz CT molecular complexity index is 485. The van der Waals surface area contributed by atoms with Gasteiger partial charge in [-0.1, -0.05) is 19.8 Å². The van der Waals surface area contributed by atoms with Gasteiger partial charge in [0.1, 0.15) is 12.7 Å². The van der Waals surface area contributed by atoms with Crippen LogP contribution in [0.25, 0.3) is 5.95 Å². The molecule has 2 N–H and O–H groups in total. The average Bonchev–Trinajstić information content (AvgIpc) is 2.88. The lowest BCUT2D eigenvalue weighted by molar-refractivity contribution is 0.282. The molecule has 2 aromatic heterocycles. The number of nitrogens with two attached hydrogens (primary N) is 1. The lowest BCUT2D eigenvalue weighted by atomic mass is 10.3. The Morgan fingerprint density at radius 1 is 1.28 bits per heavy atom. The molecule has 0 radical (unpaired) electrons. The number of hydrogen-bond acceptors (Lipinski definition) is 7. The van der Waals surface area contributed by atoms with Crippen LogP contribution in [0, 0.1) is 0 Å². The number of rotatable bonds is 6. The third kappa shape index (κ3) is 3.12. The molecule has 0 atom stereocenters. The SMILES string of the molecule is CCCCCOc1nc(N)nc(-n2cncn2)n1. The Balaban J connectivity index is 2.07. The third-order valence-electron chi connectivity index (χ3n) is 2.22. The molecule has 0 amide bonds. The van der Waals surface area contributed by atoms with E-state index in [9.17, 15) is 0 Å². The lowest BCUT2D eigenvalue weighted by Gasteiger charge is -2.05. The summed E-state index contributed by atoms with van der Waals surface area (Å²) in [7, 11) is 0. The predicted molar refractivity (Wildman–Crippen MR) is 64.2 cm³/mol. The van der Waals surface area contributed by atoms with Gasteiger partial charge in [-0.15, -0.1) is 0 Å². The van der Waals surface area contributed by atoms with Crippen LogP contribution in [0.4, 0.5) is 5.95 Å². The van der Waals surface area contributed by atoms with Crippen LogP contribution in [0.2, 0.25) is 0 Å². The third-order valence-corrected chi connectivity index (χ3v) is 2.22. The van der Waals surface area contributed by atoms with E-state index in [1.807, 2.05) is 0 Å². The molecule has 18 heavy (non-hydrogen) atoms. The molecule has 0 aliphatic rings. The van der Waals surface area contributed by atoms with Crippen molar-refractivity contribution < 1.29 is 4.74 Å². The number of anilines is 1. The van der Waals surface area contributed by atoms with E-state index in [1.165, 1.54) is 17.3 Å². The molecule has 0 aliphatic carbocycles. The van der Waals surface area contributed by atoms with Crippen LogP contribution in [-0.2, 0) is 0 Å². The molecular weight excluding hydrogens is 234 g/mol. The summed E-state index contributed by atoms with van der Waals surface area (Å²) in [5.41, 5.74) is 5.59. The van der Waals surface area contributed by atoms with E-state index < -0.39 is 0 Å². The van der Waals surface area contributed by atoms with Crippen molar-refractivity contribution >= 4 is 5.95 Å². The number of ether oxygens (including phenoxy) is 1. The highest BCUT2D eigenvalue weighted by atomic mass is 16.5. The molecule has 0 fully saturated rings. The zero-order chi connectivity index (χ0) is 12.8. The normalized spacial score (nSPS) is 10.5. The molecule has 2 aromatic rings. The smallest absolute Gasteiger partial charge is 0.323 e. The summed E-state index contributed by atoms with van der Waals surface area (Å²) < 4.78 is 6.82. The van der Waals surface area contributed by atoms with Gasteiger partial charge in [-0.2, -0.15) is 24.7 Å². The van der Waals surface area contributed by atoms with Gasteiger partial charge in [0.25, 0.3) is 5.95 Å². The maximum atomic E-state index is 5.59. The Kier molecular flexibility index (Phi) is 4.00. The van der Waals surface area contributed by atoms with Gasteiger partial charge in [-0.25, -0.2) is 4.98 Å². The molecule has 0 spiro atoms. The summed E-state index contributed by atoms with van der Waals surface area (Å²) >= 11 is 0. The fourth-order valence-corrected chi connectivity index (χ4v) is 1.36. The average molecular weight is 249 g/mol. The van der Waals surface area contributed by atoms with E-state index in [0.29, 0.717) is 12.6 Å². The maximum absolute atomic E-state index is 5.59. The highest BCUT2D eigenvalue weighted by Gasteiger charge is 2.07. The summed E-state index contributed by atoms with van der Waals surface area (Å²) in [6.07, 6.45) is 6.07. The molecule has 2 heterocycles. The van der Waals surface area contributed by atoms with Crippen molar-refractivity contribution in [1.29, 1.82) is 0 Å². The number of unbranched alkanes of at least 4 members (excludes halogenated alkanes) is 2. The molecule has 8 heteroatoms. The second-order valence-corrected chi connectivity index (χ2v) is 3.67. The molecule has 0 unspecified atom stereocenters. The van der Waals surface area contributed by atoms with Crippen LogP contribution in [0.1, 0.15) is 26.2 Å². The molecule has 0 saturated heterocycles. The summed E-state index contributed by atoms with van der Waals surface area (Å²) in [6.45, 7) is 2.69. The molecule has 96 valence electrons. The summed E-state index contributed by atoms with van der Waals surface area (Å²) in [6, 6.07) is 0.212. The van der Waals surface area contributed by atoms with E-state index in [0.717, 1.165) is 19.3 Å². The van der Waals surface area contributed by atoms with Gasteiger partial charge in [0.2, 0.25) is 5.95 Å². The first-order valence-corrected chi connectivity index (χ1v) is 5.79. The Morgan fingerprint density at radius 3 is 2.89 bits per heavy atom. The van der Waals surface area contributed by atoms with Crippen LogP contribution in [0.3, 0.4) is 0 Å².